The first-order valence-corrected chi connectivity index (χ1v) is 10.8. The number of nitrogens with zero attached hydrogens (tertiary/aromatic N) is 7. The van der Waals surface area contributed by atoms with Crippen molar-refractivity contribution >= 4 is 12.0 Å². The highest BCUT2D eigenvalue weighted by Gasteiger charge is 2.35. The summed E-state index contributed by atoms with van der Waals surface area (Å²) in [4.78, 5) is 28.0. The Morgan fingerprint density at radius 1 is 1.24 bits per heavy atom. The Morgan fingerprint density at radius 2 is 2.06 bits per heavy atom. The summed E-state index contributed by atoms with van der Waals surface area (Å²) >= 11 is 0. The van der Waals surface area contributed by atoms with Gasteiger partial charge in [-0.05, 0) is 11.6 Å². The van der Waals surface area contributed by atoms with Crippen molar-refractivity contribution in [1.82, 2.24) is 35.0 Å². The second kappa shape index (κ2) is 8.58. The number of carboxylic acid groups (broad SMARTS) is 1. The molecule has 2 aliphatic rings. The minimum Gasteiger partial charge on any atom is -0.465 e. The summed E-state index contributed by atoms with van der Waals surface area (Å²) in [5, 5.41) is 34.6. The lowest BCUT2D eigenvalue weighted by Crippen LogP contribution is -2.37. The van der Waals surface area contributed by atoms with Crippen molar-refractivity contribution in [2.45, 2.75) is 31.8 Å². The average molecular weight is 464 g/mol. The Kier molecular flexibility index (Phi) is 5.45. The van der Waals surface area contributed by atoms with Gasteiger partial charge in [0.2, 0.25) is 0 Å². The van der Waals surface area contributed by atoms with Gasteiger partial charge in [0, 0.05) is 38.0 Å². The monoisotopic (exact) mass is 464 g/mol. The molecule has 34 heavy (non-hydrogen) atoms. The third-order valence-electron chi connectivity index (χ3n) is 6.33. The second-order valence-electron chi connectivity index (χ2n) is 8.33. The number of fused-ring (bicyclic) bond motifs is 2. The summed E-state index contributed by atoms with van der Waals surface area (Å²) in [6.07, 6.45) is -0.509. The fourth-order valence-corrected chi connectivity index (χ4v) is 4.57. The summed E-state index contributed by atoms with van der Waals surface area (Å²) < 4.78 is 16.1. The van der Waals surface area contributed by atoms with Crippen LogP contribution in [0.15, 0.2) is 24.3 Å². The number of nitrogens with one attached hydrogen (secondary N) is 1. The molecular weight excluding hydrogens is 443 g/mol. The summed E-state index contributed by atoms with van der Waals surface area (Å²) in [7, 11) is 0. The van der Waals surface area contributed by atoms with Crippen molar-refractivity contribution in [3.8, 4) is 6.07 Å². The van der Waals surface area contributed by atoms with E-state index in [1.165, 1.54) is 10.7 Å². The number of benzene rings is 1. The van der Waals surface area contributed by atoms with E-state index in [0.29, 0.717) is 35.5 Å². The van der Waals surface area contributed by atoms with Crippen LogP contribution in [0.5, 0.6) is 0 Å². The van der Waals surface area contributed by atoms with Crippen LogP contribution in [0.2, 0.25) is 0 Å². The molecule has 2 amide bonds. The van der Waals surface area contributed by atoms with Crippen LogP contribution in [0, 0.1) is 17.1 Å². The van der Waals surface area contributed by atoms with Crippen molar-refractivity contribution in [2.75, 3.05) is 19.6 Å². The van der Waals surface area contributed by atoms with E-state index in [1.54, 1.807) is 23.1 Å². The first-order valence-electron chi connectivity index (χ1n) is 10.8. The molecule has 2 N–H and O–H groups in total. The van der Waals surface area contributed by atoms with Gasteiger partial charge in [0.25, 0.3) is 5.91 Å². The summed E-state index contributed by atoms with van der Waals surface area (Å²) in [6, 6.07) is 8.40. The Balaban J connectivity index is 1.58. The van der Waals surface area contributed by atoms with E-state index in [9.17, 15) is 24.3 Å². The highest BCUT2D eigenvalue weighted by Crippen LogP contribution is 2.30. The lowest BCUT2D eigenvalue weighted by atomic mass is 9.95. The molecule has 2 aromatic heterocycles. The number of halogens is 1. The zero-order valence-electron chi connectivity index (χ0n) is 18.1. The highest BCUT2D eigenvalue weighted by molar-refractivity contribution is 5.94. The molecule has 0 spiro atoms. The van der Waals surface area contributed by atoms with Gasteiger partial charge in [0.1, 0.15) is 17.4 Å². The van der Waals surface area contributed by atoms with E-state index in [0.717, 1.165) is 10.6 Å². The molecule has 4 heterocycles. The maximum absolute atomic E-state index is 14.6. The molecule has 0 radical (unpaired) electrons. The second-order valence-corrected chi connectivity index (χ2v) is 8.33. The van der Waals surface area contributed by atoms with Gasteiger partial charge in [0.05, 0.1) is 30.5 Å². The molecule has 3 aromatic rings. The number of nitriles is 1. The fraction of sp³-hybridized carbons (Fsp3) is 0.364. The van der Waals surface area contributed by atoms with Gasteiger partial charge < -0.3 is 14.9 Å². The smallest absolute Gasteiger partial charge is 0.407 e. The Hall–Kier alpha value is -4.27. The van der Waals surface area contributed by atoms with Crippen LogP contribution in [0.3, 0.4) is 0 Å². The molecule has 0 aliphatic carbocycles. The lowest BCUT2D eigenvalue weighted by molar-refractivity contribution is 0.0723. The third-order valence-corrected chi connectivity index (χ3v) is 6.33. The number of hydrogen-bond donors (Lipinski definition) is 2. The van der Waals surface area contributed by atoms with Crippen molar-refractivity contribution < 1.29 is 19.1 Å². The topological polar surface area (TPSA) is 144 Å². The van der Waals surface area contributed by atoms with Crippen molar-refractivity contribution in [3.05, 3.63) is 64.0 Å². The number of amides is 2. The Bertz CT molecular complexity index is 1310. The molecule has 0 fully saturated rings. The molecular formula is C22H21FN8O3. The fourth-order valence-electron chi connectivity index (χ4n) is 4.57. The van der Waals surface area contributed by atoms with Crippen LogP contribution in [-0.2, 0) is 25.9 Å². The number of carbonyl (C=O) groups excluding carboxylic acids is 1. The van der Waals surface area contributed by atoms with Crippen LogP contribution < -0.4 is 0 Å². The lowest BCUT2D eigenvalue weighted by Gasteiger charge is -2.25. The number of aromatic amines is 1. The molecule has 5 rings (SSSR count). The van der Waals surface area contributed by atoms with Gasteiger partial charge in [-0.15, -0.1) is 5.10 Å². The number of aromatic nitrogens is 5. The number of hydrogen-bond acceptors (Lipinski definition) is 6. The van der Waals surface area contributed by atoms with Crippen LogP contribution in [0.1, 0.15) is 44.6 Å². The quantitative estimate of drug-likeness (QED) is 0.598. The average Bonchev–Trinajstić information content (AvgIpc) is 3.39. The molecule has 12 heteroatoms. The van der Waals surface area contributed by atoms with Crippen LogP contribution in [-0.4, -0.2) is 71.7 Å². The molecule has 0 saturated carbocycles. The van der Waals surface area contributed by atoms with Crippen molar-refractivity contribution in [2.24, 2.45) is 0 Å². The normalized spacial score (nSPS) is 17.5. The Labute approximate surface area is 193 Å². The molecule has 2 aliphatic heterocycles. The SMILES string of the molecule is N#CC1CN(C(=O)O)CCn2nc(C(=O)N3CCc4[nH]nnc4C3)c(Cc3ccccc3F)c21. The molecule has 1 atom stereocenters. The third kappa shape index (κ3) is 3.75. The molecule has 174 valence electrons. The predicted molar refractivity (Wildman–Crippen MR) is 114 cm³/mol. The molecule has 1 unspecified atom stereocenters. The summed E-state index contributed by atoms with van der Waals surface area (Å²) in [5.74, 6) is -1.62. The molecule has 0 bridgehead atoms. The van der Waals surface area contributed by atoms with Gasteiger partial charge in [-0.1, -0.05) is 23.4 Å². The number of H-pyrrole nitrogens is 1. The minimum atomic E-state index is -1.13. The van der Waals surface area contributed by atoms with Crippen molar-refractivity contribution in [1.29, 1.82) is 5.26 Å². The zero-order chi connectivity index (χ0) is 23.8. The Morgan fingerprint density at radius 3 is 2.82 bits per heavy atom. The van der Waals surface area contributed by atoms with Gasteiger partial charge in [0.15, 0.2) is 5.69 Å². The van der Waals surface area contributed by atoms with E-state index in [4.69, 9.17) is 0 Å². The zero-order valence-corrected chi connectivity index (χ0v) is 18.1. The number of carbonyl (C=O) groups is 2. The maximum atomic E-state index is 14.6. The van der Waals surface area contributed by atoms with Gasteiger partial charge >= 0.3 is 6.09 Å². The first-order chi connectivity index (χ1) is 16.5. The van der Waals surface area contributed by atoms with Gasteiger partial charge in [-0.25, -0.2) is 9.18 Å². The maximum Gasteiger partial charge on any atom is 0.407 e. The number of rotatable bonds is 3. The first kappa shape index (κ1) is 21.6. The molecule has 0 saturated heterocycles. The van der Waals surface area contributed by atoms with E-state index in [2.05, 4.69) is 26.6 Å². The van der Waals surface area contributed by atoms with E-state index < -0.39 is 17.8 Å². The van der Waals surface area contributed by atoms with Gasteiger partial charge in [-0.2, -0.15) is 10.4 Å². The molecule has 11 nitrogen and oxygen atoms in total. The van der Waals surface area contributed by atoms with Crippen LogP contribution in [0.4, 0.5) is 9.18 Å². The summed E-state index contributed by atoms with van der Waals surface area (Å²) in [6.45, 7) is 0.958. The van der Waals surface area contributed by atoms with Gasteiger partial charge in [-0.3, -0.25) is 14.6 Å². The van der Waals surface area contributed by atoms with E-state index >= 15 is 0 Å². The minimum absolute atomic E-state index is 0.0530. The van der Waals surface area contributed by atoms with Crippen LogP contribution in [0.25, 0.3) is 0 Å². The van der Waals surface area contributed by atoms with E-state index in [-0.39, 0.29) is 44.2 Å². The standard InChI is InChI=1S/C22H21FN8O3/c23-16-4-2-1-3-13(16)9-15-19(21(32)29-6-5-17-18(12-29)26-28-25-17)27-31-8-7-30(22(33)34)11-14(10-24)20(15)31/h1-4,14H,5-9,11-12H2,(H,33,34)(H,25,26,28). The highest BCUT2D eigenvalue weighted by atomic mass is 19.1. The van der Waals surface area contributed by atoms with Crippen molar-refractivity contribution in [3.63, 3.8) is 0 Å². The van der Waals surface area contributed by atoms with E-state index in [1.807, 2.05) is 0 Å². The predicted octanol–water partition coefficient (Wildman–Crippen LogP) is 1.53. The largest absolute Gasteiger partial charge is 0.465 e. The molecule has 1 aromatic carbocycles. The van der Waals surface area contributed by atoms with Crippen LogP contribution >= 0.6 is 0 Å². The summed E-state index contributed by atoms with van der Waals surface area (Å²) in [5.41, 5.74) is 2.98.